The molecule has 0 aliphatic rings. The molecule has 0 fully saturated rings. The van der Waals surface area contributed by atoms with Crippen molar-refractivity contribution in [3.8, 4) is 0 Å². The van der Waals surface area contributed by atoms with Gasteiger partial charge in [-0.25, -0.2) is 0 Å². The summed E-state index contributed by atoms with van der Waals surface area (Å²) >= 11 is 6.03. The summed E-state index contributed by atoms with van der Waals surface area (Å²) < 4.78 is 0. The molecular formula is C19H23ClN2O. The van der Waals surface area contributed by atoms with E-state index in [4.69, 9.17) is 17.3 Å². The van der Waals surface area contributed by atoms with Gasteiger partial charge in [0.1, 0.15) is 0 Å². The predicted octanol–water partition coefficient (Wildman–Crippen LogP) is 3.80. The fourth-order valence-corrected chi connectivity index (χ4v) is 2.69. The lowest BCUT2D eigenvalue weighted by Crippen LogP contribution is -2.35. The molecule has 2 rings (SSSR count). The van der Waals surface area contributed by atoms with Gasteiger partial charge in [0.25, 0.3) is 5.91 Å². The molecule has 3 nitrogen and oxygen atoms in total. The Balaban J connectivity index is 1.93. The summed E-state index contributed by atoms with van der Waals surface area (Å²) in [6.45, 7) is 5.34. The van der Waals surface area contributed by atoms with Crippen molar-refractivity contribution in [1.82, 2.24) is 5.32 Å². The van der Waals surface area contributed by atoms with E-state index in [1.54, 1.807) is 0 Å². The molecule has 2 aromatic rings. The fourth-order valence-electron chi connectivity index (χ4n) is 2.48. The number of hydrogen-bond donors (Lipinski definition) is 2. The third kappa shape index (κ3) is 5.38. The Kier molecular flexibility index (Phi) is 5.80. The first-order valence-electron chi connectivity index (χ1n) is 7.71. The van der Waals surface area contributed by atoms with Crippen LogP contribution in [-0.2, 0) is 13.0 Å². The van der Waals surface area contributed by atoms with Gasteiger partial charge in [-0.3, -0.25) is 4.79 Å². The lowest BCUT2D eigenvalue weighted by atomic mass is 9.85. The van der Waals surface area contributed by atoms with E-state index >= 15 is 0 Å². The van der Waals surface area contributed by atoms with Crippen molar-refractivity contribution in [1.29, 1.82) is 0 Å². The largest absolute Gasteiger partial charge is 0.351 e. The average molecular weight is 331 g/mol. The highest BCUT2D eigenvalue weighted by Gasteiger charge is 2.20. The standard InChI is InChI=1S/C19H23ClN2O/c1-19(2,11-15-4-3-5-17(20)10-15)13-22-18(23)16-8-6-14(12-21)7-9-16/h3-10H,11-13,21H2,1-2H3,(H,22,23). The monoisotopic (exact) mass is 330 g/mol. The second-order valence-corrected chi connectivity index (χ2v) is 6.99. The number of carbonyl (C=O) groups is 1. The van der Waals surface area contributed by atoms with E-state index in [1.165, 1.54) is 5.56 Å². The predicted molar refractivity (Wildman–Crippen MR) is 95.6 cm³/mol. The van der Waals surface area contributed by atoms with Crippen LogP contribution in [0.2, 0.25) is 5.02 Å². The van der Waals surface area contributed by atoms with E-state index in [0.29, 0.717) is 18.7 Å². The SMILES string of the molecule is CC(C)(CNC(=O)c1ccc(CN)cc1)Cc1cccc(Cl)c1. The molecule has 0 bridgehead atoms. The second kappa shape index (κ2) is 7.62. The highest BCUT2D eigenvalue weighted by Crippen LogP contribution is 2.23. The zero-order valence-corrected chi connectivity index (χ0v) is 14.4. The molecule has 23 heavy (non-hydrogen) atoms. The van der Waals surface area contributed by atoms with Gasteiger partial charge in [0, 0.05) is 23.7 Å². The lowest BCUT2D eigenvalue weighted by Gasteiger charge is -2.25. The van der Waals surface area contributed by atoms with E-state index in [-0.39, 0.29) is 11.3 Å². The number of hydrogen-bond acceptors (Lipinski definition) is 2. The van der Waals surface area contributed by atoms with Gasteiger partial charge in [-0.05, 0) is 47.2 Å². The van der Waals surface area contributed by atoms with E-state index in [1.807, 2.05) is 42.5 Å². The van der Waals surface area contributed by atoms with Crippen molar-refractivity contribution >= 4 is 17.5 Å². The van der Waals surface area contributed by atoms with Gasteiger partial charge in [-0.2, -0.15) is 0 Å². The van der Waals surface area contributed by atoms with Gasteiger partial charge in [-0.15, -0.1) is 0 Å². The molecule has 1 amide bonds. The molecule has 3 N–H and O–H groups in total. The van der Waals surface area contributed by atoms with Crippen LogP contribution in [0.4, 0.5) is 0 Å². The van der Waals surface area contributed by atoms with Crippen LogP contribution in [-0.4, -0.2) is 12.5 Å². The van der Waals surface area contributed by atoms with Crippen LogP contribution in [0.25, 0.3) is 0 Å². The summed E-state index contributed by atoms with van der Waals surface area (Å²) in [5.41, 5.74) is 8.35. The minimum Gasteiger partial charge on any atom is -0.351 e. The third-order valence-corrected chi connectivity index (χ3v) is 3.99. The van der Waals surface area contributed by atoms with E-state index < -0.39 is 0 Å². The maximum Gasteiger partial charge on any atom is 0.251 e. The van der Waals surface area contributed by atoms with Crippen LogP contribution in [0.15, 0.2) is 48.5 Å². The zero-order chi connectivity index (χ0) is 16.9. The van der Waals surface area contributed by atoms with Gasteiger partial charge in [0.15, 0.2) is 0 Å². The number of nitrogens with one attached hydrogen (secondary N) is 1. The number of halogens is 1. The first kappa shape index (κ1) is 17.5. The van der Waals surface area contributed by atoms with Crippen LogP contribution in [0.1, 0.15) is 35.3 Å². The normalized spacial score (nSPS) is 11.3. The molecule has 0 atom stereocenters. The number of benzene rings is 2. The lowest BCUT2D eigenvalue weighted by molar-refractivity contribution is 0.0936. The van der Waals surface area contributed by atoms with Crippen LogP contribution >= 0.6 is 11.6 Å². The minimum atomic E-state index is -0.0623. The molecular weight excluding hydrogens is 308 g/mol. The Morgan fingerprint density at radius 1 is 1.13 bits per heavy atom. The average Bonchev–Trinajstić information content (AvgIpc) is 2.52. The first-order chi connectivity index (χ1) is 10.9. The highest BCUT2D eigenvalue weighted by atomic mass is 35.5. The van der Waals surface area contributed by atoms with Gasteiger partial charge in [-0.1, -0.05) is 49.7 Å². The van der Waals surface area contributed by atoms with Crippen molar-refractivity contribution < 1.29 is 4.79 Å². The maximum atomic E-state index is 12.2. The summed E-state index contributed by atoms with van der Waals surface area (Å²) in [6.07, 6.45) is 0.847. The Morgan fingerprint density at radius 2 is 1.83 bits per heavy atom. The summed E-state index contributed by atoms with van der Waals surface area (Å²) in [7, 11) is 0. The smallest absolute Gasteiger partial charge is 0.251 e. The highest BCUT2D eigenvalue weighted by molar-refractivity contribution is 6.30. The molecule has 0 aliphatic heterocycles. The van der Waals surface area contributed by atoms with Crippen LogP contribution in [0.3, 0.4) is 0 Å². The molecule has 122 valence electrons. The van der Waals surface area contributed by atoms with Crippen molar-refractivity contribution in [3.05, 3.63) is 70.2 Å². The molecule has 4 heteroatoms. The Hall–Kier alpha value is -1.84. The molecule has 0 aromatic heterocycles. The van der Waals surface area contributed by atoms with Crippen molar-refractivity contribution in [2.75, 3.05) is 6.54 Å². The minimum absolute atomic E-state index is 0.0580. The molecule has 0 saturated carbocycles. The molecule has 0 saturated heterocycles. The summed E-state index contributed by atoms with van der Waals surface area (Å²) in [6, 6.07) is 15.2. The van der Waals surface area contributed by atoms with E-state index in [0.717, 1.165) is 17.0 Å². The maximum absolute atomic E-state index is 12.2. The van der Waals surface area contributed by atoms with Crippen molar-refractivity contribution in [2.45, 2.75) is 26.8 Å². The van der Waals surface area contributed by atoms with Gasteiger partial charge in [0.05, 0.1) is 0 Å². The fraction of sp³-hybridized carbons (Fsp3) is 0.316. The van der Waals surface area contributed by atoms with E-state index in [9.17, 15) is 4.79 Å². The Labute approximate surface area is 142 Å². The van der Waals surface area contributed by atoms with Crippen LogP contribution in [0.5, 0.6) is 0 Å². The van der Waals surface area contributed by atoms with Gasteiger partial charge in [0.2, 0.25) is 0 Å². The molecule has 0 heterocycles. The summed E-state index contributed by atoms with van der Waals surface area (Å²) in [5.74, 6) is -0.0623. The number of rotatable bonds is 6. The van der Waals surface area contributed by atoms with Crippen LogP contribution < -0.4 is 11.1 Å². The van der Waals surface area contributed by atoms with Crippen LogP contribution in [0, 0.1) is 5.41 Å². The molecule has 0 radical (unpaired) electrons. The molecule has 0 aliphatic carbocycles. The molecule has 0 spiro atoms. The summed E-state index contributed by atoms with van der Waals surface area (Å²) in [4.78, 5) is 12.2. The van der Waals surface area contributed by atoms with Gasteiger partial charge >= 0.3 is 0 Å². The number of carbonyl (C=O) groups excluding carboxylic acids is 1. The first-order valence-corrected chi connectivity index (χ1v) is 8.09. The Morgan fingerprint density at radius 3 is 2.43 bits per heavy atom. The van der Waals surface area contributed by atoms with E-state index in [2.05, 4.69) is 25.2 Å². The second-order valence-electron chi connectivity index (χ2n) is 6.55. The van der Waals surface area contributed by atoms with Crippen molar-refractivity contribution in [2.24, 2.45) is 11.1 Å². The Bertz CT molecular complexity index is 665. The third-order valence-electron chi connectivity index (χ3n) is 3.75. The van der Waals surface area contributed by atoms with Crippen molar-refractivity contribution in [3.63, 3.8) is 0 Å². The molecule has 0 unspecified atom stereocenters. The molecule has 2 aromatic carbocycles. The number of amides is 1. The van der Waals surface area contributed by atoms with Gasteiger partial charge < -0.3 is 11.1 Å². The number of nitrogens with two attached hydrogens (primary N) is 1. The zero-order valence-electron chi connectivity index (χ0n) is 13.6. The topological polar surface area (TPSA) is 55.1 Å². The quantitative estimate of drug-likeness (QED) is 0.846. The summed E-state index contributed by atoms with van der Waals surface area (Å²) in [5, 5.41) is 3.75.